The Morgan fingerprint density at radius 2 is 1.88 bits per heavy atom. The number of ether oxygens (including phenoxy) is 1. The van der Waals surface area contributed by atoms with Crippen LogP contribution in [-0.2, 0) is 15.7 Å². The first-order chi connectivity index (χ1) is 12.2. The van der Waals surface area contributed by atoms with Gasteiger partial charge in [-0.05, 0) is 30.3 Å². The second-order valence-electron chi connectivity index (χ2n) is 5.08. The van der Waals surface area contributed by atoms with Gasteiger partial charge in [0.2, 0.25) is 0 Å². The van der Waals surface area contributed by atoms with Gasteiger partial charge in [0.1, 0.15) is 6.07 Å². The predicted molar refractivity (Wildman–Crippen MR) is 85.9 cm³/mol. The molecule has 0 aliphatic carbocycles. The molecule has 2 rings (SSSR count). The summed E-state index contributed by atoms with van der Waals surface area (Å²) in [6.45, 7) is -0.695. The summed E-state index contributed by atoms with van der Waals surface area (Å²) in [5.74, 6) is -1.76. The summed E-state index contributed by atoms with van der Waals surface area (Å²) in [5.41, 5.74) is 4.20. The minimum Gasteiger partial charge on any atom is -0.452 e. The number of nitrogens with one attached hydrogen (secondary N) is 1. The van der Waals surface area contributed by atoms with Crippen molar-refractivity contribution in [2.45, 2.75) is 6.18 Å². The van der Waals surface area contributed by atoms with Gasteiger partial charge < -0.3 is 15.8 Å². The molecule has 1 amide bonds. The smallest absolute Gasteiger partial charge is 0.416 e. The van der Waals surface area contributed by atoms with E-state index in [-0.39, 0.29) is 16.8 Å². The fraction of sp³-hybridized carbons (Fsp3) is 0.118. The Kier molecular flexibility index (Phi) is 5.47. The number of hydrogen-bond acceptors (Lipinski definition) is 5. The number of alkyl halides is 3. The van der Waals surface area contributed by atoms with Crippen LogP contribution in [0, 0.1) is 11.3 Å². The highest BCUT2D eigenvalue weighted by molar-refractivity contribution is 5.98. The Balaban J connectivity index is 2.00. The highest BCUT2D eigenvalue weighted by atomic mass is 19.4. The molecule has 3 N–H and O–H groups in total. The molecule has 0 aliphatic heterocycles. The van der Waals surface area contributed by atoms with E-state index in [1.807, 2.05) is 6.07 Å². The molecule has 2 aromatic rings. The number of benzene rings is 2. The lowest BCUT2D eigenvalue weighted by atomic mass is 10.1. The molecule has 0 fully saturated rings. The molecule has 0 bridgehead atoms. The fourth-order valence-electron chi connectivity index (χ4n) is 2.01. The quantitative estimate of drug-likeness (QED) is 0.642. The van der Waals surface area contributed by atoms with Crippen molar-refractivity contribution < 1.29 is 27.5 Å². The van der Waals surface area contributed by atoms with E-state index in [4.69, 9.17) is 15.7 Å². The largest absolute Gasteiger partial charge is 0.452 e. The first-order valence-corrected chi connectivity index (χ1v) is 7.15. The number of halogens is 3. The van der Waals surface area contributed by atoms with Crippen LogP contribution in [0.3, 0.4) is 0 Å². The SMILES string of the molecule is N#Cc1ccccc1NC(=O)COC(=O)c1ccc(C(F)(F)F)cc1N. The third-order valence-electron chi connectivity index (χ3n) is 3.25. The van der Waals surface area contributed by atoms with Gasteiger partial charge in [-0.15, -0.1) is 0 Å². The number of esters is 1. The monoisotopic (exact) mass is 363 g/mol. The van der Waals surface area contributed by atoms with Gasteiger partial charge in [0.05, 0.1) is 22.4 Å². The van der Waals surface area contributed by atoms with Gasteiger partial charge in [-0.2, -0.15) is 18.4 Å². The maximum atomic E-state index is 12.6. The number of para-hydroxylation sites is 1. The molecule has 0 unspecified atom stereocenters. The van der Waals surface area contributed by atoms with Gasteiger partial charge in [0.15, 0.2) is 6.61 Å². The normalized spacial score (nSPS) is 10.7. The fourth-order valence-corrected chi connectivity index (χ4v) is 2.01. The predicted octanol–water partition coefficient (Wildman–Crippen LogP) is 2.95. The molecule has 0 aliphatic rings. The number of nitrogens with two attached hydrogens (primary N) is 1. The van der Waals surface area contributed by atoms with Crippen LogP contribution in [0.1, 0.15) is 21.5 Å². The number of carbonyl (C=O) groups is 2. The van der Waals surface area contributed by atoms with Gasteiger partial charge in [-0.1, -0.05) is 12.1 Å². The number of nitrogen functional groups attached to an aromatic ring is 1. The molecule has 0 atom stereocenters. The zero-order valence-electron chi connectivity index (χ0n) is 13.1. The van der Waals surface area contributed by atoms with Crippen molar-refractivity contribution in [2.75, 3.05) is 17.7 Å². The topological polar surface area (TPSA) is 105 Å². The van der Waals surface area contributed by atoms with Gasteiger partial charge in [-0.3, -0.25) is 4.79 Å². The molecule has 6 nitrogen and oxygen atoms in total. The average molecular weight is 363 g/mol. The van der Waals surface area contributed by atoms with Crippen LogP contribution in [0.15, 0.2) is 42.5 Å². The number of anilines is 2. The minimum atomic E-state index is -4.59. The molecule has 9 heteroatoms. The summed E-state index contributed by atoms with van der Waals surface area (Å²) in [6, 6.07) is 10.3. The maximum Gasteiger partial charge on any atom is 0.416 e. The summed E-state index contributed by atoms with van der Waals surface area (Å²) >= 11 is 0. The van der Waals surface area contributed by atoms with Crippen LogP contribution in [0.2, 0.25) is 0 Å². The number of carbonyl (C=O) groups excluding carboxylic acids is 2. The molecule has 0 spiro atoms. The average Bonchev–Trinajstić information content (AvgIpc) is 2.59. The molecule has 0 aromatic heterocycles. The van der Waals surface area contributed by atoms with E-state index in [1.165, 1.54) is 12.1 Å². The van der Waals surface area contributed by atoms with Gasteiger partial charge in [-0.25, -0.2) is 4.79 Å². The van der Waals surface area contributed by atoms with E-state index in [0.717, 1.165) is 6.07 Å². The summed E-state index contributed by atoms with van der Waals surface area (Å²) < 4.78 is 42.5. The summed E-state index contributed by atoms with van der Waals surface area (Å²) in [5, 5.41) is 11.3. The molecule has 0 saturated heterocycles. The Morgan fingerprint density at radius 3 is 2.50 bits per heavy atom. The van der Waals surface area contributed by atoms with E-state index < -0.39 is 35.9 Å². The summed E-state index contributed by atoms with van der Waals surface area (Å²) in [7, 11) is 0. The van der Waals surface area contributed by atoms with Crippen molar-refractivity contribution >= 4 is 23.3 Å². The van der Waals surface area contributed by atoms with Gasteiger partial charge in [0, 0.05) is 5.69 Å². The summed E-state index contributed by atoms with van der Waals surface area (Å²) in [6.07, 6.45) is -4.59. The van der Waals surface area contributed by atoms with Crippen molar-refractivity contribution in [3.05, 3.63) is 59.2 Å². The van der Waals surface area contributed by atoms with Crippen LogP contribution in [0.25, 0.3) is 0 Å². The van der Waals surface area contributed by atoms with Gasteiger partial charge in [0.25, 0.3) is 5.91 Å². The Labute approximate surface area is 146 Å². The van der Waals surface area contributed by atoms with Crippen LogP contribution in [0.5, 0.6) is 0 Å². The lowest BCUT2D eigenvalue weighted by molar-refractivity contribution is -0.137. The zero-order chi connectivity index (χ0) is 19.3. The van der Waals surface area contributed by atoms with Crippen molar-refractivity contribution in [1.29, 1.82) is 5.26 Å². The Hall–Kier alpha value is -3.54. The molecule has 26 heavy (non-hydrogen) atoms. The van der Waals surface area contributed by atoms with Crippen molar-refractivity contribution in [2.24, 2.45) is 0 Å². The third-order valence-corrected chi connectivity index (χ3v) is 3.25. The van der Waals surface area contributed by atoms with Crippen LogP contribution in [-0.4, -0.2) is 18.5 Å². The highest BCUT2D eigenvalue weighted by Crippen LogP contribution is 2.31. The van der Waals surface area contributed by atoms with Crippen molar-refractivity contribution in [3.8, 4) is 6.07 Å². The number of nitriles is 1. The minimum absolute atomic E-state index is 0.221. The Morgan fingerprint density at radius 1 is 1.19 bits per heavy atom. The molecule has 0 radical (unpaired) electrons. The lowest BCUT2D eigenvalue weighted by Crippen LogP contribution is -2.22. The molecule has 0 saturated carbocycles. The first-order valence-electron chi connectivity index (χ1n) is 7.15. The second kappa shape index (κ2) is 7.57. The number of nitrogens with zero attached hydrogens (tertiary/aromatic N) is 1. The molecule has 134 valence electrons. The van der Waals surface area contributed by atoms with Gasteiger partial charge >= 0.3 is 12.1 Å². The number of hydrogen-bond donors (Lipinski definition) is 2. The van der Waals surface area contributed by atoms with E-state index in [9.17, 15) is 22.8 Å². The summed E-state index contributed by atoms with van der Waals surface area (Å²) in [4.78, 5) is 23.7. The third kappa shape index (κ3) is 4.51. The first kappa shape index (κ1) is 18.8. The van der Waals surface area contributed by atoms with Crippen molar-refractivity contribution in [3.63, 3.8) is 0 Å². The molecule has 0 heterocycles. The van der Waals surface area contributed by atoms with Crippen LogP contribution >= 0.6 is 0 Å². The lowest BCUT2D eigenvalue weighted by Gasteiger charge is -2.11. The van der Waals surface area contributed by atoms with Crippen LogP contribution < -0.4 is 11.1 Å². The number of rotatable bonds is 4. The van der Waals surface area contributed by atoms with E-state index in [0.29, 0.717) is 12.1 Å². The second-order valence-corrected chi connectivity index (χ2v) is 5.08. The maximum absolute atomic E-state index is 12.6. The highest BCUT2D eigenvalue weighted by Gasteiger charge is 2.31. The molecular formula is C17H12F3N3O3. The number of amides is 1. The molecular weight excluding hydrogens is 351 g/mol. The van der Waals surface area contributed by atoms with E-state index in [1.54, 1.807) is 12.1 Å². The standard InChI is InChI=1S/C17H12F3N3O3/c18-17(19,20)11-5-6-12(13(22)7-11)16(25)26-9-15(24)23-14-4-2-1-3-10(14)8-21/h1-7H,9,22H2,(H,23,24). The van der Waals surface area contributed by atoms with E-state index >= 15 is 0 Å². The van der Waals surface area contributed by atoms with Crippen molar-refractivity contribution in [1.82, 2.24) is 0 Å². The zero-order valence-corrected chi connectivity index (χ0v) is 13.1. The van der Waals surface area contributed by atoms with E-state index in [2.05, 4.69) is 5.32 Å². The van der Waals surface area contributed by atoms with Crippen LogP contribution in [0.4, 0.5) is 24.5 Å². The Bertz CT molecular complexity index is 889. The molecule has 2 aromatic carbocycles.